The van der Waals surface area contributed by atoms with Crippen LogP contribution in [0.25, 0.3) is 0 Å². The summed E-state index contributed by atoms with van der Waals surface area (Å²) in [7, 11) is 0. The van der Waals surface area contributed by atoms with Crippen molar-refractivity contribution in [3.05, 3.63) is 64.7 Å². The minimum atomic E-state index is -4.83. The molecule has 1 aromatic carbocycles. The first-order valence-corrected chi connectivity index (χ1v) is 6.09. The van der Waals surface area contributed by atoms with E-state index in [2.05, 4.69) is 4.98 Å². The molecule has 110 valence electrons. The number of Topliss-reactive ketones (excluding diaryl/α,β-unsaturated/α-hetero) is 1. The summed E-state index contributed by atoms with van der Waals surface area (Å²) in [6.07, 6.45) is -3.46. The monoisotopic (exact) mass is 297 g/mol. The molecular weight excluding hydrogens is 286 g/mol. The average Bonchev–Trinajstić information content (AvgIpc) is 2.40. The molecule has 2 aromatic rings. The third-order valence-electron chi connectivity index (χ3n) is 3.04. The predicted octanol–water partition coefficient (Wildman–Crippen LogP) is 3.97. The summed E-state index contributed by atoms with van der Waals surface area (Å²) in [5.74, 6) is -1.93. The van der Waals surface area contributed by atoms with Crippen LogP contribution in [0.4, 0.5) is 17.6 Å². The summed E-state index contributed by atoms with van der Waals surface area (Å²) < 4.78 is 51.0. The lowest BCUT2D eigenvalue weighted by Crippen LogP contribution is -2.12. The summed E-state index contributed by atoms with van der Waals surface area (Å²) in [6, 6.07) is 5.69. The van der Waals surface area contributed by atoms with Crippen LogP contribution in [0.1, 0.15) is 27.2 Å². The second-order valence-corrected chi connectivity index (χ2v) is 4.56. The third kappa shape index (κ3) is 3.45. The van der Waals surface area contributed by atoms with Gasteiger partial charge in [0.05, 0.1) is 17.7 Å². The molecular formula is C15H11F4NO. The Kier molecular flexibility index (Phi) is 4.06. The fraction of sp³-hybridized carbons (Fsp3) is 0.200. The second kappa shape index (κ2) is 5.63. The average molecular weight is 297 g/mol. The van der Waals surface area contributed by atoms with Gasteiger partial charge < -0.3 is 0 Å². The first-order valence-electron chi connectivity index (χ1n) is 6.09. The maximum absolute atomic E-state index is 13.2. The van der Waals surface area contributed by atoms with Crippen molar-refractivity contribution in [1.82, 2.24) is 4.98 Å². The number of halogens is 4. The number of benzene rings is 1. The van der Waals surface area contributed by atoms with Crippen LogP contribution in [0.15, 0.2) is 36.5 Å². The third-order valence-corrected chi connectivity index (χ3v) is 3.04. The summed E-state index contributed by atoms with van der Waals surface area (Å²) in [4.78, 5) is 16.0. The highest BCUT2D eigenvalue weighted by atomic mass is 19.4. The lowest BCUT2D eigenvalue weighted by atomic mass is 10.0. The van der Waals surface area contributed by atoms with Gasteiger partial charge in [-0.1, -0.05) is 6.07 Å². The Labute approximate surface area is 118 Å². The molecule has 0 amide bonds. The zero-order chi connectivity index (χ0) is 15.6. The Morgan fingerprint density at radius 3 is 2.57 bits per heavy atom. The molecule has 0 saturated carbocycles. The number of pyridine rings is 1. The Hall–Kier alpha value is -2.24. The van der Waals surface area contributed by atoms with Crippen LogP contribution >= 0.6 is 0 Å². The van der Waals surface area contributed by atoms with Gasteiger partial charge in [-0.25, -0.2) is 4.39 Å². The highest BCUT2D eigenvalue weighted by Gasteiger charge is 2.34. The summed E-state index contributed by atoms with van der Waals surface area (Å²) >= 11 is 0. The van der Waals surface area contributed by atoms with E-state index in [9.17, 15) is 22.4 Å². The number of alkyl halides is 3. The van der Waals surface area contributed by atoms with Gasteiger partial charge in [0.1, 0.15) is 5.82 Å². The van der Waals surface area contributed by atoms with Gasteiger partial charge in [0.25, 0.3) is 0 Å². The van der Waals surface area contributed by atoms with Crippen molar-refractivity contribution < 1.29 is 22.4 Å². The van der Waals surface area contributed by atoms with Gasteiger partial charge in [-0.2, -0.15) is 13.2 Å². The molecule has 0 aliphatic rings. The van der Waals surface area contributed by atoms with E-state index < -0.39 is 23.3 Å². The molecule has 0 radical (unpaired) electrons. The summed E-state index contributed by atoms with van der Waals surface area (Å²) in [5.41, 5.74) is -0.371. The van der Waals surface area contributed by atoms with Crippen molar-refractivity contribution in [2.24, 2.45) is 0 Å². The van der Waals surface area contributed by atoms with E-state index in [0.29, 0.717) is 17.8 Å². The molecule has 0 spiro atoms. The van der Waals surface area contributed by atoms with Crippen molar-refractivity contribution in [1.29, 1.82) is 0 Å². The number of carbonyl (C=O) groups is 1. The molecule has 21 heavy (non-hydrogen) atoms. The number of rotatable bonds is 3. The van der Waals surface area contributed by atoms with Gasteiger partial charge in [0.2, 0.25) is 0 Å². The van der Waals surface area contributed by atoms with Crippen molar-refractivity contribution in [2.75, 3.05) is 0 Å². The standard InChI is InChI=1S/C15H11F4NO/c1-9-3-2-6-20-13(9)8-14(21)10-4-5-12(16)11(7-10)15(17,18)19/h2-7H,8H2,1H3. The molecule has 0 aliphatic heterocycles. The van der Waals surface area contributed by atoms with E-state index in [1.54, 1.807) is 19.1 Å². The van der Waals surface area contributed by atoms with Gasteiger partial charge in [-0.3, -0.25) is 9.78 Å². The SMILES string of the molecule is Cc1cccnc1CC(=O)c1ccc(F)c(C(F)(F)F)c1. The number of aromatic nitrogens is 1. The van der Waals surface area contributed by atoms with Gasteiger partial charge >= 0.3 is 6.18 Å². The fourth-order valence-electron chi connectivity index (χ4n) is 1.87. The van der Waals surface area contributed by atoms with Gasteiger partial charge in [0.15, 0.2) is 5.78 Å². The molecule has 2 nitrogen and oxygen atoms in total. The molecule has 0 N–H and O–H groups in total. The molecule has 0 bridgehead atoms. The maximum Gasteiger partial charge on any atom is 0.419 e. The maximum atomic E-state index is 13.2. The van der Waals surface area contributed by atoms with E-state index in [-0.39, 0.29) is 12.0 Å². The van der Waals surface area contributed by atoms with Crippen LogP contribution in [0, 0.1) is 12.7 Å². The van der Waals surface area contributed by atoms with Gasteiger partial charge in [0, 0.05) is 11.8 Å². The van der Waals surface area contributed by atoms with E-state index in [1.165, 1.54) is 6.20 Å². The Morgan fingerprint density at radius 1 is 1.24 bits per heavy atom. The molecule has 0 fully saturated rings. The second-order valence-electron chi connectivity index (χ2n) is 4.56. The van der Waals surface area contributed by atoms with Gasteiger partial charge in [-0.15, -0.1) is 0 Å². The van der Waals surface area contributed by atoms with Crippen LogP contribution in [0.5, 0.6) is 0 Å². The minimum Gasteiger partial charge on any atom is -0.294 e. The molecule has 0 saturated heterocycles. The van der Waals surface area contributed by atoms with Crippen LogP contribution in [0.3, 0.4) is 0 Å². The zero-order valence-electron chi connectivity index (χ0n) is 11.0. The van der Waals surface area contributed by atoms with E-state index in [0.717, 1.165) is 11.6 Å². The largest absolute Gasteiger partial charge is 0.419 e. The van der Waals surface area contributed by atoms with Crippen LogP contribution in [0.2, 0.25) is 0 Å². The number of carbonyl (C=O) groups excluding carboxylic acids is 1. The number of nitrogens with zero attached hydrogens (tertiary/aromatic N) is 1. The molecule has 1 heterocycles. The number of aryl methyl sites for hydroxylation is 1. The number of hydrogen-bond donors (Lipinski definition) is 0. The normalized spacial score (nSPS) is 11.5. The van der Waals surface area contributed by atoms with Crippen LogP contribution in [-0.2, 0) is 12.6 Å². The molecule has 1 aromatic heterocycles. The van der Waals surface area contributed by atoms with E-state index >= 15 is 0 Å². The lowest BCUT2D eigenvalue weighted by molar-refractivity contribution is -0.140. The van der Waals surface area contributed by atoms with E-state index in [1.807, 2.05) is 0 Å². The van der Waals surface area contributed by atoms with Crippen molar-refractivity contribution in [3.63, 3.8) is 0 Å². The summed E-state index contributed by atoms with van der Waals surface area (Å²) in [5, 5.41) is 0. The molecule has 0 aliphatic carbocycles. The van der Waals surface area contributed by atoms with Gasteiger partial charge in [-0.05, 0) is 36.8 Å². The predicted molar refractivity (Wildman–Crippen MR) is 68.4 cm³/mol. The Balaban J connectivity index is 2.31. The molecule has 0 unspecified atom stereocenters. The van der Waals surface area contributed by atoms with E-state index in [4.69, 9.17) is 0 Å². The quantitative estimate of drug-likeness (QED) is 0.633. The van der Waals surface area contributed by atoms with Crippen molar-refractivity contribution in [3.8, 4) is 0 Å². The first-order chi connectivity index (χ1) is 9.79. The lowest BCUT2D eigenvalue weighted by Gasteiger charge is -2.10. The first kappa shape index (κ1) is 15.2. The minimum absolute atomic E-state index is 0.129. The topological polar surface area (TPSA) is 30.0 Å². The van der Waals surface area contributed by atoms with Crippen LogP contribution in [-0.4, -0.2) is 10.8 Å². The fourth-order valence-corrected chi connectivity index (χ4v) is 1.87. The van der Waals surface area contributed by atoms with Crippen LogP contribution < -0.4 is 0 Å². The highest BCUT2D eigenvalue weighted by molar-refractivity contribution is 5.97. The Morgan fingerprint density at radius 2 is 1.95 bits per heavy atom. The Bertz CT molecular complexity index is 680. The van der Waals surface area contributed by atoms with Crippen molar-refractivity contribution >= 4 is 5.78 Å². The summed E-state index contributed by atoms with van der Waals surface area (Å²) in [6.45, 7) is 1.75. The smallest absolute Gasteiger partial charge is 0.294 e. The number of ketones is 1. The highest BCUT2D eigenvalue weighted by Crippen LogP contribution is 2.32. The molecule has 2 rings (SSSR count). The molecule has 0 atom stereocenters. The zero-order valence-corrected chi connectivity index (χ0v) is 11.0. The van der Waals surface area contributed by atoms with Crippen molar-refractivity contribution in [2.45, 2.75) is 19.5 Å². The molecule has 6 heteroatoms. The number of hydrogen-bond acceptors (Lipinski definition) is 2.